The number of benzene rings is 1. The molecule has 7 heteroatoms. The first-order valence-electron chi connectivity index (χ1n) is 5.58. The van der Waals surface area contributed by atoms with Gasteiger partial charge in [-0.05, 0) is 25.1 Å². The molecule has 0 radical (unpaired) electrons. The highest BCUT2D eigenvalue weighted by Crippen LogP contribution is 2.11. The van der Waals surface area contributed by atoms with Gasteiger partial charge in [-0.1, -0.05) is 22.0 Å². The fourth-order valence-electron chi connectivity index (χ4n) is 1.25. The molecule has 0 fully saturated rings. The van der Waals surface area contributed by atoms with Crippen molar-refractivity contribution in [1.29, 1.82) is 0 Å². The van der Waals surface area contributed by atoms with Crippen LogP contribution in [-0.2, 0) is 4.79 Å². The molecule has 0 bridgehead atoms. The highest BCUT2D eigenvalue weighted by molar-refractivity contribution is 9.10. The van der Waals surface area contributed by atoms with Gasteiger partial charge in [-0.2, -0.15) is 0 Å². The van der Waals surface area contributed by atoms with E-state index in [1.165, 1.54) is 0 Å². The Morgan fingerprint density at radius 2 is 1.95 bits per heavy atom. The minimum Gasteiger partial charge on any atom is -0.353 e. The molecule has 0 aromatic heterocycles. The molecule has 1 aromatic carbocycles. The Labute approximate surface area is 126 Å². The zero-order valence-electron chi connectivity index (χ0n) is 10.5. The van der Waals surface area contributed by atoms with Crippen molar-refractivity contribution in [3.8, 4) is 0 Å². The normalized spacial score (nSPS) is 11.1. The lowest BCUT2D eigenvalue weighted by molar-refractivity contribution is -0.121. The molecule has 0 unspecified atom stereocenters. The number of carbonyl (C=O) groups is 2. The van der Waals surface area contributed by atoms with Gasteiger partial charge in [0.15, 0.2) is 0 Å². The number of hydrogen-bond acceptors (Lipinski definition) is 3. The van der Waals surface area contributed by atoms with Crippen molar-refractivity contribution in [2.24, 2.45) is 5.73 Å². The third kappa shape index (κ3) is 6.56. The number of amides is 2. The summed E-state index contributed by atoms with van der Waals surface area (Å²) in [5, 5.41) is 5.32. The average Bonchev–Trinajstić information content (AvgIpc) is 2.33. The van der Waals surface area contributed by atoms with E-state index in [9.17, 15) is 9.59 Å². The van der Waals surface area contributed by atoms with Crippen LogP contribution in [0.3, 0.4) is 0 Å². The van der Waals surface area contributed by atoms with Gasteiger partial charge in [0, 0.05) is 23.1 Å². The van der Waals surface area contributed by atoms with Crippen molar-refractivity contribution in [3.63, 3.8) is 0 Å². The zero-order chi connectivity index (χ0) is 13.5. The van der Waals surface area contributed by atoms with E-state index in [0.29, 0.717) is 18.7 Å². The molecule has 5 nitrogen and oxygen atoms in total. The third-order valence-corrected chi connectivity index (χ3v) is 2.70. The van der Waals surface area contributed by atoms with Gasteiger partial charge >= 0.3 is 0 Å². The van der Waals surface area contributed by atoms with Crippen molar-refractivity contribution < 1.29 is 9.59 Å². The maximum absolute atomic E-state index is 11.7. The van der Waals surface area contributed by atoms with E-state index in [4.69, 9.17) is 5.73 Å². The second-order valence-corrected chi connectivity index (χ2v) is 4.76. The molecule has 106 valence electrons. The summed E-state index contributed by atoms with van der Waals surface area (Å²) in [6.07, 6.45) is 0. The van der Waals surface area contributed by atoms with Crippen LogP contribution in [0.25, 0.3) is 0 Å². The van der Waals surface area contributed by atoms with Crippen molar-refractivity contribution in [3.05, 3.63) is 34.3 Å². The van der Waals surface area contributed by atoms with E-state index in [0.717, 1.165) is 4.47 Å². The van der Waals surface area contributed by atoms with E-state index in [1.54, 1.807) is 25.1 Å². The van der Waals surface area contributed by atoms with E-state index in [-0.39, 0.29) is 24.2 Å². The average molecular weight is 351 g/mol. The summed E-state index contributed by atoms with van der Waals surface area (Å²) in [5.74, 6) is -0.405. The van der Waals surface area contributed by atoms with Crippen molar-refractivity contribution in [2.75, 3.05) is 13.1 Å². The molecule has 0 saturated heterocycles. The van der Waals surface area contributed by atoms with Crippen molar-refractivity contribution >= 4 is 40.2 Å². The first-order chi connectivity index (χ1) is 8.50. The molecule has 4 N–H and O–H groups in total. The number of rotatable bonds is 5. The van der Waals surface area contributed by atoms with Gasteiger partial charge in [0.1, 0.15) is 0 Å². The lowest BCUT2D eigenvalue weighted by atomic mass is 10.2. The summed E-state index contributed by atoms with van der Waals surface area (Å²) in [4.78, 5) is 22.9. The lowest BCUT2D eigenvalue weighted by Gasteiger charge is -2.08. The smallest absolute Gasteiger partial charge is 0.251 e. The van der Waals surface area contributed by atoms with Crippen molar-refractivity contribution in [2.45, 2.75) is 13.0 Å². The Bertz CT molecular complexity index is 441. The Morgan fingerprint density at radius 1 is 1.32 bits per heavy atom. The van der Waals surface area contributed by atoms with E-state index in [1.807, 2.05) is 6.07 Å². The van der Waals surface area contributed by atoms with Gasteiger partial charge in [-0.15, -0.1) is 12.4 Å². The third-order valence-electron chi connectivity index (χ3n) is 2.21. The number of carbonyl (C=O) groups excluding carboxylic acids is 2. The summed E-state index contributed by atoms with van der Waals surface area (Å²) in [7, 11) is 0. The summed E-state index contributed by atoms with van der Waals surface area (Å²) in [6.45, 7) is 2.33. The number of halogens is 2. The largest absolute Gasteiger partial charge is 0.353 e. The van der Waals surface area contributed by atoms with E-state index in [2.05, 4.69) is 26.6 Å². The molecule has 0 spiro atoms. The Balaban J connectivity index is 0.00000324. The quantitative estimate of drug-likeness (QED) is 0.694. The molecular formula is C12H17BrClN3O2. The monoisotopic (exact) mass is 349 g/mol. The molecule has 19 heavy (non-hydrogen) atoms. The fourth-order valence-corrected chi connectivity index (χ4v) is 1.65. The second-order valence-electron chi connectivity index (χ2n) is 3.85. The lowest BCUT2D eigenvalue weighted by Crippen LogP contribution is -2.42. The summed E-state index contributed by atoms with van der Waals surface area (Å²) in [5.41, 5.74) is 5.95. The van der Waals surface area contributed by atoms with Crippen LogP contribution in [0.4, 0.5) is 0 Å². The standard InChI is InChI=1S/C12H16BrN3O2.ClH/c1-8(14)11(17)15-5-6-16-12(18)9-3-2-4-10(13)7-9;/h2-4,7-8H,5-6,14H2,1H3,(H,15,17)(H,16,18);1H/t8-;/m0./s1. The minimum atomic E-state index is -0.536. The summed E-state index contributed by atoms with van der Waals surface area (Å²) < 4.78 is 0.848. The predicted octanol–water partition coefficient (Wildman–Crippen LogP) is 1.06. The molecule has 0 heterocycles. The maximum Gasteiger partial charge on any atom is 0.251 e. The van der Waals surface area contributed by atoms with Crippen LogP contribution in [-0.4, -0.2) is 30.9 Å². The van der Waals surface area contributed by atoms with Crippen LogP contribution < -0.4 is 16.4 Å². The van der Waals surface area contributed by atoms with Gasteiger partial charge in [0.25, 0.3) is 5.91 Å². The van der Waals surface area contributed by atoms with E-state index >= 15 is 0 Å². The molecule has 0 aliphatic rings. The molecule has 0 aliphatic heterocycles. The molecular weight excluding hydrogens is 334 g/mol. The van der Waals surface area contributed by atoms with E-state index < -0.39 is 6.04 Å². The highest BCUT2D eigenvalue weighted by atomic mass is 79.9. The molecule has 2 amide bonds. The first-order valence-corrected chi connectivity index (χ1v) is 6.37. The molecule has 1 atom stereocenters. The maximum atomic E-state index is 11.7. The number of nitrogens with two attached hydrogens (primary N) is 1. The molecule has 1 aromatic rings. The van der Waals surface area contributed by atoms with Crippen LogP contribution in [0.2, 0.25) is 0 Å². The highest BCUT2D eigenvalue weighted by Gasteiger charge is 2.07. The molecule has 1 rings (SSSR count). The number of hydrogen-bond donors (Lipinski definition) is 3. The van der Waals surface area contributed by atoms with Gasteiger partial charge < -0.3 is 16.4 Å². The van der Waals surface area contributed by atoms with Crippen LogP contribution in [0.1, 0.15) is 17.3 Å². The van der Waals surface area contributed by atoms with Crippen LogP contribution in [0.5, 0.6) is 0 Å². The first kappa shape index (κ1) is 17.9. The number of nitrogens with one attached hydrogen (secondary N) is 2. The van der Waals surface area contributed by atoms with Crippen molar-refractivity contribution in [1.82, 2.24) is 10.6 Å². The Hall–Kier alpha value is -1.11. The Kier molecular flexibility index (Phi) is 8.38. The van der Waals surface area contributed by atoms with Gasteiger partial charge in [-0.25, -0.2) is 0 Å². The van der Waals surface area contributed by atoms with Gasteiger partial charge in [0.05, 0.1) is 6.04 Å². The van der Waals surface area contributed by atoms with Gasteiger partial charge in [0.2, 0.25) is 5.91 Å². The summed E-state index contributed by atoms with van der Waals surface area (Å²) in [6, 6.07) is 6.55. The minimum absolute atomic E-state index is 0. The van der Waals surface area contributed by atoms with Gasteiger partial charge in [-0.3, -0.25) is 9.59 Å². The predicted molar refractivity (Wildman–Crippen MR) is 80.4 cm³/mol. The van der Waals surface area contributed by atoms with Crippen LogP contribution in [0.15, 0.2) is 28.7 Å². The Morgan fingerprint density at radius 3 is 2.53 bits per heavy atom. The molecule has 0 aliphatic carbocycles. The SMILES string of the molecule is C[C@H](N)C(=O)NCCNC(=O)c1cccc(Br)c1.Cl. The second kappa shape index (κ2) is 8.90. The zero-order valence-corrected chi connectivity index (χ0v) is 12.9. The van der Waals surface area contributed by atoms with Crippen LogP contribution >= 0.6 is 28.3 Å². The molecule has 0 saturated carbocycles. The summed E-state index contributed by atoms with van der Waals surface area (Å²) >= 11 is 3.30. The van der Waals surface area contributed by atoms with Crippen LogP contribution in [0, 0.1) is 0 Å². The fraction of sp³-hybridized carbons (Fsp3) is 0.333. The topological polar surface area (TPSA) is 84.2 Å².